The van der Waals surface area contributed by atoms with Gasteiger partial charge in [0.25, 0.3) is 5.91 Å². The van der Waals surface area contributed by atoms with Crippen molar-refractivity contribution in [1.29, 1.82) is 0 Å². The van der Waals surface area contributed by atoms with Crippen LogP contribution >= 0.6 is 11.6 Å². The van der Waals surface area contributed by atoms with Gasteiger partial charge in [0.2, 0.25) is 0 Å². The molecule has 0 saturated carbocycles. The summed E-state index contributed by atoms with van der Waals surface area (Å²) in [4.78, 5) is 22.8. The number of carboxylic acids is 1. The number of aromatic carboxylic acids is 1. The van der Waals surface area contributed by atoms with E-state index in [-0.39, 0.29) is 22.0 Å². The van der Waals surface area contributed by atoms with Crippen LogP contribution < -0.4 is 5.32 Å². The summed E-state index contributed by atoms with van der Waals surface area (Å²) in [6, 6.07) is 5.82. The van der Waals surface area contributed by atoms with Crippen molar-refractivity contribution >= 4 is 29.2 Å². The van der Waals surface area contributed by atoms with Crippen molar-refractivity contribution in [3.63, 3.8) is 0 Å². The molecule has 2 aromatic rings. The average Bonchev–Trinajstić information content (AvgIpc) is 2.85. The maximum absolute atomic E-state index is 11.8. The van der Waals surface area contributed by atoms with Crippen molar-refractivity contribution in [2.75, 3.05) is 5.32 Å². The molecule has 18 heavy (non-hydrogen) atoms. The second-order valence-electron chi connectivity index (χ2n) is 3.39. The number of nitrogens with one attached hydrogen (secondary N) is 2. The molecule has 7 heteroatoms. The number of carbonyl (C=O) groups excluding carboxylic acids is 1. The zero-order chi connectivity index (χ0) is 13.1. The summed E-state index contributed by atoms with van der Waals surface area (Å²) >= 11 is 5.88. The number of nitrogens with zero attached hydrogens (tertiary/aromatic N) is 1. The molecule has 0 saturated heterocycles. The molecule has 3 N–H and O–H groups in total. The van der Waals surface area contributed by atoms with Crippen LogP contribution in [0.1, 0.15) is 20.8 Å². The summed E-state index contributed by atoms with van der Waals surface area (Å²) in [7, 11) is 0. The Morgan fingerprint density at radius 2 is 2.11 bits per heavy atom. The molecular weight excluding hydrogens is 258 g/mol. The summed E-state index contributed by atoms with van der Waals surface area (Å²) in [6.07, 6.45) is 1.42. The first-order valence-electron chi connectivity index (χ1n) is 4.92. The third-order valence-corrected chi connectivity index (χ3v) is 2.54. The fourth-order valence-electron chi connectivity index (χ4n) is 1.39. The lowest BCUT2D eigenvalue weighted by Gasteiger charge is -2.09. The molecule has 1 aromatic carbocycles. The Kier molecular flexibility index (Phi) is 3.29. The fourth-order valence-corrected chi connectivity index (χ4v) is 1.61. The number of carboxylic acid groups (broad SMARTS) is 1. The lowest BCUT2D eigenvalue weighted by Crippen LogP contribution is -2.15. The van der Waals surface area contributed by atoms with Crippen LogP contribution in [-0.2, 0) is 0 Å². The monoisotopic (exact) mass is 265 g/mol. The number of rotatable bonds is 3. The van der Waals surface area contributed by atoms with Gasteiger partial charge in [0.15, 0.2) is 0 Å². The number of anilines is 1. The van der Waals surface area contributed by atoms with E-state index >= 15 is 0 Å². The molecular formula is C11H8ClN3O3. The Balaban J connectivity index is 2.34. The van der Waals surface area contributed by atoms with Crippen LogP contribution in [0.4, 0.5) is 5.69 Å². The van der Waals surface area contributed by atoms with Gasteiger partial charge < -0.3 is 10.4 Å². The summed E-state index contributed by atoms with van der Waals surface area (Å²) in [5.74, 6) is -1.68. The molecule has 0 aliphatic heterocycles. The second-order valence-corrected chi connectivity index (χ2v) is 3.80. The Morgan fingerprint density at radius 3 is 2.72 bits per heavy atom. The summed E-state index contributed by atoms with van der Waals surface area (Å²) in [5.41, 5.74) is 0.202. The van der Waals surface area contributed by atoms with Gasteiger partial charge in [-0.15, -0.1) is 0 Å². The van der Waals surface area contributed by atoms with Gasteiger partial charge in [0, 0.05) is 6.20 Å². The van der Waals surface area contributed by atoms with Crippen molar-refractivity contribution < 1.29 is 14.7 Å². The van der Waals surface area contributed by atoms with Gasteiger partial charge in [0.1, 0.15) is 5.69 Å². The Hall–Kier alpha value is -2.34. The van der Waals surface area contributed by atoms with Crippen LogP contribution in [0.15, 0.2) is 30.5 Å². The molecule has 1 heterocycles. The summed E-state index contributed by atoms with van der Waals surface area (Å²) in [5, 5.41) is 17.7. The van der Waals surface area contributed by atoms with Gasteiger partial charge >= 0.3 is 5.97 Å². The highest BCUT2D eigenvalue weighted by atomic mass is 35.5. The van der Waals surface area contributed by atoms with Crippen molar-refractivity contribution in [1.82, 2.24) is 10.2 Å². The molecule has 0 fully saturated rings. The molecule has 0 bridgehead atoms. The van der Waals surface area contributed by atoms with Gasteiger partial charge in [-0.1, -0.05) is 17.7 Å². The van der Waals surface area contributed by atoms with Crippen molar-refractivity contribution in [2.45, 2.75) is 0 Å². The van der Waals surface area contributed by atoms with Gasteiger partial charge in [0.05, 0.1) is 16.3 Å². The Bertz CT molecular complexity index is 596. The van der Waals surface area contributed by atoms with E-state index in [0.29, 0.717) is 0 Å². The van der Waals surface area contributed by atoms with E-state index in [1.54, 1.807) is 0 Å². The number of aromatic nitrogens is 2. The van der Waals surface area contributed by atoms with Crippen LogP contribution in [0.3, 0.4) is 0 Å². The lowest BCUT2D eigenvalue weighted by atomic mass is 10.1. The summed E-state index contributed by atoms with van der Waals surface area (Å²) < 4.78 is 0. The van der Waals surface area contributed by atoms with Gasteiger partial charge in [-0.05, 0) is 18.2 Å². The van der Waals surface area contributed by atoms with E-state index in [9.17, 15) is 9.59 Å². The number of hydrogen-bond acceptors (Lipinski definition) is 3. The van der Waals surface area contributed by atoms with Crippen LogP contribution in [-0.4, -0.2) is 27.2 Å². The topological polar surface area (TPSA) is 95.1 Å². The SMILES string of the molecule is O=C(Nc1c(Cl)cccc1C(=O)O)c1ccn[nH]1. The third kappa shape index (κ3) is 2.33. The molecule has 0 unspecified atom stereocenters. The highest BCUT2D eigenvalue weighted by Crippen LogP contribution is 2.26. The number of benzene rings is 1. The standard InChI is InChI=1S/C11H8ClN3O3/c12-7-3-1-2-6(11(17)18)9(7)14-10(16)8-4-5-13-15-8/h1-5H,(H,13,15)(H,14,16)(H,17,18). The largest absolute Gasteiger partial charge is 0.478 e. The Morgan fingerprint density at radius 1 is 1.33 bits per heavy atom. The van der Waals surface area contributed by atoms with Crippen molar-refractivity contribution in [2.24, 2.45) is 0 Å². The van der Waals surface area contributed by atoms with Crippen molar-refractivity contribution in [3.8, 4) is 0 Å². The Labute approximate surface area is 107 Å². The molecule has 0 aliphatic rings. The lowest BCUT2D eigenvalue weighted by molar-refractivity contribution is 0.0698. The van der Waals surface area contributed by atoms with Crippen LogP contribution in [0.5, 0.6) is 0 Å². The maximum atomic E-state index is 11.8. The molecule has 0 radical (unpaired) electrons. The van der Waals surface area contributed by atoms with Gasteiger partial charge in [-0.2, -0.15) is 5.10 Å². The normalized spacial score (nSPS) is 10.1. The van der Waals surface area contributed by atoms with Crippen LogP contribution in [0.2, 0.25) is 5.02 Å². The van der Waals surface area contributed by atoms with E-state index in [1.165, 1.54) is 30.5 Å². The summed E-state index contributed by atoms with van der Waals surface area (Å²) in [6.45, 7) is 0. The first kappa shape index (κ1) is 12.1. The zero-order valence-corrected chi connectivity index (χ0v) is 9.73. The highest BCUT2D eigenvalue weighted by Gasteiger charge is 2.16. The van der Waals surface area contributed by atoms with Gasteiger partial charge in [-0.25, -0.2) is 4.79 Å². The second kappa shape index (κ2) is 4.89. The minimum Gasteiger partial charge on any atom is -0.478 e. The number of aromatic amines is 1. The fraction of sp³-hybridized carbons (Fsp3) is 0. The molecule has 0 spiro atoms. The smallest absolute Gasteiger partial charge is 0.337 e. The van der Waals surface area contributed by atoms with E-state index in [2.05, 4.69) is 15.5 Å². The first-order chi connectivity index (χ1) is 8.59. The predicted octanol–water partition coefficient (Wildman–Crippen LogP) is 2.01. The molecule has 6 nitrogen and oxygen atoms in total. The quantitative estimate of drug-likeness (QED) is 0.791. The number of para-hydroxylation sites is 1. The van der Waals surface area contributed by atoms with E-state index in [1.807, 2.05) is 0 Å². The molecule has 0 atom stereocenters. The van der Waals surface area contributed by atoms with E-state index in [0.717, 1.165) is 0 Å². The zero-order valence-electron chi connectivity index (χ0n) is 8.98. The van der Waals surface area contributed by atoms with E-state index < -0.39 is 11.9 Å². The number of hydrogen-bond donors (Lipinski definition) is 3. The minimum atomic E-state index is -1.17. The predicted molar refractivity (Wildman–Crippen MR) is 65.0 cm³/mol. The molecule has 92 valence electrons. The third-order valence-electron chi connectivity index (χ3n) is 2.23. The number of carbonyl (C=O) groups is 2. The number of halogens is 1. The molecule has 2 rings (SSSR count). The van der Waals surface area contributed by atoms with Crippen LogP contribution in [0.25, 0.3) is 0 Å². The van der Waals surface area contributed by atoms with Gasteiger partial charge in [-0.3, -0.25) is 9.89 Å². The highest BCUT2D eigenvalue weighted by molar-refractivity contribution is 6.34. The van der Waals surface area contributed by atoms with Crippen molar-refractivity contribution in [3.05, 3.63) is 46.7 Å². The number of H-pyrrole nitrogens is 1. The van der Waals surface area contributed by atoms with Crippen LogP contribution in [0, 0.1) is 0 Å². The minimum absolute atomic E-state index is 0.0614. The molecule has 0 aliphatic carbocycles. The molecule has 1 amide bonds. The number of amides is 1. The van der Waals surface area contributed by atoms with E-state index in [4.69, 9.17) is 16.7 Å². The average molecular weight is 266 g/mol. The maximum Gasteiger partial charge on any atom is 0.337 e. The molecule has 1 aromatic heterocycles. The first-order valence-corrected chi connectivity index (χ1v) is 5.30.